The summed E-state index contributed by atoms with van der Waals surface area (Å²) in [4.78, 5) is 23.8. The zero-order valence-electron chi connectivity index (χ0n) is 14.6. The first kappa shape index (κ1) is 17.7. The number of amides is 1. The standard InChI is InChI=1S/C20H21N3O3/c1-23-18-10-6-5-9-16(18)17(22-23)12-19(24)21-13-15(20(25)26)11-14-7-3-2-4-8-14/h2-10,15H,11-13H2,1H3,(H,21,24)(H,25,26). The number of para-hydroxylation sites is 1. The zero-order valence-corrected chi connectivity index (χ0v) is 14.6. The second-order valence-corrected chi connectivity index (χ2v) is 6.29. The van der Waals surface area contributed by atoms with Crippen LogP contribution in [0.15, 0.2) is 54.6 Å². The van der Waals surface area contributed by atoms with Crippen LogP contribution in [0.2, 0.25) is 0 Å². The van der Waals surface area contributed by atoms with Crippen LogP contribution >= 0.6 is 0 Å². The van der Waals surface area contributed by atoms with Gasteiger partial charge in [-0.15, -0.1) is 0 Å². The molecule has 1 unspecified atom stereocenters. The highest BCUT2D eigenvalue weighted by molar-refractivity contribution is 5.87. The van der Waals surface area contributed by atoms with Crippen LogP contribution < -0.4 is 5.32 Å². The largest absolute Gasteiger partial charge is 0.481 e. The molecule has 1 heterocycles. The molecule has 6 nitrogen and oxygen atoms in total. The maximum Gasteiger partial charge on any atom is 0.308 e. The Labute approximate surface area is 151 Å². The Kier molecular flexibility index (Phi) is 5.31. The van der Waals surface area contributed by atoms with Gasteiger partial charge in [-0.3, -0.25) is 14.3 Å². The molecule has 1 atom stereocenters. The molecular formula is C20H21N3O3. The van der Waals surface area contributed by atoms with Gasteiger partial charge in [0.15, 0.2) is 0 Å². The fourth-order valence-corrected chi connectivity index (χ4v) is 3.02. The summed E-state index contributed by atoms with van der Waals surface area (Å²) in [6.07, 6.45) is 0.502. The average Bonchev–Trinajstić information content (AvgIpc) is 2.95. The number of fused-ring (bicyclic) bond motifs is 1. The van der Waals surface area contributed by atoms with Crippen molar-refractivity contribution in [2.75, 3.05) is 6.54 Å². The van der Waals surface area contributed by atoms with E-state index in [4.69, 9.17) is 0 Å². The smallest absolute Gasteiger partial charge is 0.308 e. The first-order valence-corrected chi connectivity index (χ1v) is 8.48. The van der Waals surface area contributed by atoms with Crippen molar-refractivity contribution in [1.29, 1.82) is 0 Å². The normalized spacial score (nSPS) is 12.0. The van der Waals surface area contributed by atoms with E-state index >= 15 is 0 Å². The van der Waals surface area contributed by atoms with Crippen molar-refractivity contribution < 1.29 is 14.7 Å². The number of hydrogen-bond acceptors (Lipinski definition) is 3. The molecule has 0 aliphatic heterocycles. The Balaban J connectivity index is 1.62. The van der Waals surface area contributed by atoms with Crippen molar-refractivity contribution in [1.82, 2.24) is 15.1 Å². The molecule has 2 N–H and O–H groups in total. The lowest BCUT2D eigenvalue weighted by atomic mass is 9.99. The Bertz CT molecular complexity index is 918. The van der Waals surface area contributed by atoms with Gasteiger partial charge in [0.25, 0.3) is 0 Å². The minimum Gasteiger partial charge on any atom is -0.481 e. The number of nitrogens with zero attached hydrogens (tertiary/aromatic N) is 2. The zero-order chi connectivity index (χ0) is 18.5. The molecule has 1 amide bonds. The van der Waals surface area contributed by atoms with Crippen LogP contribution in [0.3, 0.4) is 0 Å². The maximum absolute atomic E-state index is 12.3. The van der Waals surface area contributed by atoms with E-state index in [0.717, 1.165) is 16.5 Å². The van der Waals surface area contributed by atoms with Crippen LogP contribution in [-0.2, 0) is 29.5 Å². The van der Waals surface area contributed by atoms with Gasteiger partial charge in [-0.25, -0.2) is 0 Å². The fourth-order valence-electron chi connectivity index (χ4n) is 3.02. The number of hydrogen-bond donors (Lipinski definition) is 2. The predicted molar refractivity (Wildman–Crippen MR) is 98.7 cm³/mol. The fraction of sp³-hybridized carbons (Fsp3) is 0.250. The molecule has 3 aromatic rings. The molecule has 0 radical (unpaired) electrons. The summed E-state index contributed by atoms with van der Waals surface area (Å²) in [5.41, 5.74) is 2.59. The number of aryl methyl sites for hydroxylation is 1. The summed E-state index contributed by atoms with van der Waals surface area (Å²) < 4.78 is 1.74. The molecule has 0 aliphatic carbocycles. The minimum absolute atomic E-state index is 0.0911. The molecule has 26 heavy (non-hydrogen) atoms. The van der Waals surface area contributed by atoms with E-state index in [9.17, 15) is 14.7 Å². The van der Waals surface area contributed by atoms with Gasteiger partial charge in [0.05, 0.1) is 23.5 Å². The molecule has 2 aromatic carbocycles. The third-order valence-electron chi connectivity index (χ3n) is 4.38. The van der Waals surface area contributed by atoms with E-state index in [1.165, 1.54) is 0 Å². The number of aromatic nitrogens is 2. The number of nitrogens with one attached hydrogen (secondary N) is 1. The summed E-state index contributed by atoms with van der Waals surface area (Å²) in [6.45, 7) is 0.0911. The van der Waals surface area contributed by atoms with E-state index in [2.05, 4.69) is 10.4 Å². The number of carboxylic acid groups (broad SMARTS) is 1. The molecule has 0 aliphatic rings. The van der Waals surface area contributed by atoms with Crippen molar-refractivity contribution >= 4 is 22.8 Å². The molecular weight excluding hydrogens is 330 g/mol. The Morgan fingerprint density at radius 1 is 1.12 bits per heavy atom. The maximum atomic E-state index is 12.3. The van der Waals surface area contributed by atoms with Gasteiger partial charge in [0.1, 0.15) is 0 Å². The van der Waals surface area contributed by atoms with E-state index in [-0.39, 0.29) is 18.9 Å². The highest BCUT2D eigenvalue weighted by Gasteiger charge is 2.20. The van der Waals surface area contributed by atoms with Crippen molar-refractivity contribution in [3.05, 3.63) is 65.9 Å². The van der Waals surface area contributed by atoms with Gasteiger partial charge in [0, 0.05) is 19.0 Å². The van der Waals surface area contributed by atoms with Crippen molar-refractivity contribution in [2.24, 2.45) is 13.0 Å². The van der Waals surface area contributed by atoms with E-state index in [0.29, 0.717) is 12.1 Å². The number of benzene rings is 2. The topological polar surface area (TPSA) is 84.2 Å². The van der Waals surface area contributed by atoms with Gasteiger partial charge in [-0.2, -0.15) is 5.10 Å². The molecule has 134 valence electrons. The predicted octanol–water partition coefficient (Wildman–Crippen LogP) is 2.18. The number of carbonyl (C=O) groups is 2. The number of carbonyl (C=O) groups excluding carboxylic acids is 1. The van der Waals surface area contributed by atoms with Crippen LogP contribution in [0, 0.1) is 5.92 Å². The molecule has 6 heteroatoms. The number of rotatable bonds is 7. The first-order valence-electron chi connectivity index (χ1n) is 8.48. The monoisotopic (exact) mass is 351 g/mol. The molecule has 3 rings (SSSR count). The van der Waals surface area contributed by atoms with Crippen LogP contribution in [-0.4, -0.2) is 33.3 Å². The Morgan fingerprint density at radius 2 is 1.81 bits per heavy atom. The number of carboxylic acids is 1. The van der Waals surface area contributed by atoms with Crippen LogP contribution in [0.1, 0.15) is 11.3 Å². The summed E-state index contributed by atoms with van der Waals surface area (Å²) in [5, 5.41) is 17.5. The summed E-state index contributed by atoms with van der Waals surface area (Å²) in [6, 6.07) is 17.1. The number of aliphatic carboxylic acids is 1. The third kappa shape index (κ3) is 4.08. The van der Waals surface area contributed by atoms with Gasteiger partial charge in [-0.1, -0.05) is 48.5 Å². The van der Waals surface area contributed by atoms with Gasteiger partial charge >= 0.3 is 5.97 Å². The van der Waals surface area contributed by atoms with Crippen LogP contribution in [0.4, 0.5) is 0 Å². The molecule has 0 saturated heterocycles. The van der Waals surface area contributed by atoms with Crippen molar-refractivity contribution in [3.8, 4) is 0 Å². The van der Waals surface area contributed by atoms with Crippen molar-refractivity contribution in [2.45, 2.75) is 12.8 Å². The highest BCUT2D eigenvalue weighted by Crippen LogP contribution is 2.17. The summed E-state index contributed by atoms with van der Waals surface area (Å²) in [7, 11) is 1.84. The molecule has 0 bridgehead atoms. The van der Waals surface area contributed by atoms with E-state index in [1.807, 2.05) is 61.6 Å². The van der Waals surface area contributed by atoms with E-state index < -0.39 is 11.9 Å². The molecule has 0 spiro atoms. The lowest BCUT2D eigenvalue weighted by molar-refractivity contribution is -0.141. The molecule has 1 aromatic heterocycles. The Morgan fingerprint density at radius 3 is 2.54 bits per heavy atom. The molecule has 0 saturated carbocycles. The average molecular weight is 351 g/mol. The second-order valence-electron chi connectivity index (χ2n) is 6.29. The highest BCUT2D eigenvalue weighted by atomic mass is 16.4. The van der Waals surface area contributed by atoms with Crippen LogP contribution in [0.25, 0.3) is 10.9 Å². The SMILES string of the molecule is Cn1nc(CC(=O)NCC(Cc2ccccc2)C(=O)O)c2ccccc21. The van der Waals surface area contributed by atoms with Gasteiger partial charge in [-0.05, 0) is 18.1 Å². The first-order chi connectivity index (χ1) is 12.5. The second kappa shape index (κ2) is 7.82. The summed E-state index contributed by atoms with van der Waals surface area (Å²) >= 11 is 0. The quantitative estimate of drug-likeness (QED) is 0.683. The Hall–Kier alpha value is -3.15. The van der Waals surface area contributed by atoms with E-state index in [1.54, 1.807) is 4.68 Å². The third-order valence-corrected chi connectivity index (χ3v) is 4.38. The lowest BCUT2D eigenvalue weighted by Crippen LogP contribution is -2.35. The molecule has 0 fully saturated rings. The van der Waals surface area contributed by atoms with Gasteiger partial charge < -0.3 is 10.4 Å². The minimum atomic E-state index is -0.919. The van der Waals surface area contributed by atoms with Gasteiger partial charge in [0.2, 0.25) is 5.91 Å². The summed E-state index contributed by atoms with van der Waals surface area (Å²) in [5.74, 6) is -1.81. The van der Waals surface area contributed by atoms with Crippen LogP contribution in [0.5, 0.6) is 0 Å². The lowest BCUT2D eigenvalue weighted by Gasteiger charge is -2.13. The van der Waals surface area contributed by atoms with Crippen molar-refractivity contribution in [3.63, 3.8) is 0 Å².